The Bertz CT molecular complexity index is 502. The summed E-state index contributed by atoms with van der Waals surface area (Å²) < 4.78 is 0. The first-order valence-electron chi connectivity index (χ1n) is 8.47. The van der Waals surface area contributed by atoms with Crippen molar-refractivity contribution in [3.05, 3.63) is 18.3 Å². The predicted octanol–water partition coefficient (Wildman–Crippen LogP) is 2.82. The monoisotopic (exact) mass is 338 g/mol. The van der Waals surface area contributed by atoms with Gasteiger partial charge in [-0.3, -0.25) is 4.79 Å². The van der Waals surface area contributed by atoms with Crippen molar-refractivity contribution in [2.24, 2.45) is 5.92 Å². The van der Waals surface area contributed by atoms with Crippen LogP contribution in [0.5, 0.6) is 0 Å². The predicted molar refractivity (Wildman–Crippen MR) is 96.4 cm³/mol. The lowest BCUT2D eigenvalue weighted by molar-refractivity contribution is -0.119. The minimum absolute atomic E-state index is 0. The summed E-state index contributed by atoms with van der Waals surface area (Å²) in [6.07, 6.45) is 7.63. The Morgan fingerprint density at radius 3 is 2.74 bits per heavy atom. The number of hydrogen-bond acceptors (Lipinski definition) is 4. The van der Waals surface area contributed by atoms with Crippen LogP contribution in [0.3, 0.4) is 0 Å². The second-order valence-corrected chi connectivity index (χ2v) is 6.58. The number of amides is 1. The molecule has 3 heterocycles. The summed E-state index contributed by atoms with van der Waals surface area (Å²) in [4.78, 5) is 19.1. The number of aromatic nitrogens is 1. The lowest BCUT2D eigenvalue weighted by atomic mass is 9.94. The van der Waals surface area contributed by atoms with E-state index in [4.69, 9.17) is 0 Å². The number of nitrogens with one attached hydrogen (secondary N) is 2. The van der Waals surface area contributed by atoms with Gasteiger partial charge in [0.15, 0.2) is 0 Å². The normalized spacial score (nSPS) is 24.7. The Kier molecular flexibility index (Phi) is 6.66. The van der Waals surface area contributed by atoms with Crippen LogP contribution < -0.4 is 15.5 Å². The number of carbonyl (C=O) groups is 1. The molecule has 2 saturated heterocycles. The molecule has 2 aliphatic rings. The van der Waals surface area contributed by atoms with Crippen LogP contribution in [0.4, 0.5) is 11.5 Å². The molecule has 0 aromatic carbocycles. The summed E-state index contributed by atoms with van der Waals surface area (Å²) in [5.74, 6) is 1.68. The number of rotatable bonds is 3. The zero-order valence-corrected chi connectivity index (χ0v) is 14.6. The summed E-state index contributed by atoms with van der Waals surface area (Å²) in [5, 5.41) is 6.27. The van der Waals surface area contributed by atoms with Crippen molar-refractivity contribution in [2.45, 2.75) is 45.1 Å². The number of piperidine rings is 2. The van der Waals surface area contributed by atoms with E-state index in [-0.39, 0.29) is 24.4 Å². The van der Waals surface area contributed by atoms with E-state index in [1.807, 2.05) is 12.1 Å². The van der Waals surface area contributed by atoms with Gasteiger partial charge in [0.2, 0.25) is 5.91 Å². The fourth-order valence-electron chi connectivity index (χ4n) is 3.31. The Morgan fingerprint density at radius 2 is 2.09 bits per heavy atom. The molecule has 128 valence electrons. The van der Waals surface area contributed by atoms with E-state index < -0.39 is 0 Å². The first-order valence-corrected chi connectivity index (χ1v) is 8.47. The number of halogens is 1. The maximum absolute atomic E-state index is 12.3. The van der Waals surface area contributed by atoms with Gasteiger partial charge in [-0.05, 0) is 56.7 Å². The summed E-state index contributed by atoms with van der Waals surface area (Å²) in [6.45, 7) is 5.30. The Hall–Kier alpha value is -1.33. The number of carbonyl (C=O) groups excluding carboxylic acids is 1. The highest BCUT2D eigenvalue weighted by Gasteiger charge is 2.24. The molecule has 2 atom stereocenters. The molecule has 0 saturated carbocycles. The van der Waals surface area contributed by atoms with Crippen molar-refractivity contribution in [1.29, 1.82) is 0 Å². The standard InChI is InChI=1S/C17H26N4O.ClH/c1-13-7-8-18-15(11-13)17(22)20-14-5-6-16(19-12-14)21-9-3-2-4-10-21;/h5-6,12-13,15,18H,2-4,7-11H2,1H3,(H,20,22);1H. The van der Waals surface area contributed by atoms with Crippen LogP contribution in [0, 0.1) is 5.92 Å². The van der Waals surface area contributed by atoms with Gasteiger partial charge in [0.05, 0.1) is 17.9 Å². The first kappa shape index (κ1) is 18.0. The van der Waals surface area contributed by atoms with Gasteiger partial charge in [-0.2, -0.15) is 0 Å². The second-order valence-electron chi connectivity index (χ2n) is 6.58. The van der Waals surface area contributed by atoms with Crippen molar-refractivity contribution in [1.82, 2.24) is 10.3 Å². The van der Waals surface area contributed by atoms with Gasteiger partial charge in [0.25, 0.3) is 0 Å². The molecule has 6 heteroatoms. The van der Waals surface area contributed by atoms with Crippen LogP contribution in [0.15, 0.2) is 18.3 Å². The SMILES string of the molecule is CC1CCNC(C(=O)Nc2ccc(N3CCCCC3)nc2)C1.Cl. The molecule has 0 aliphatic carbocycles. The lowest BCUT2D eigenvalue weighted by Gasteiger charge is -2.28. The minimum atomic E-state index is -0.0782. The summed E-state index contributed by atoms with van der Waals surface area (Å²) >= 11 is 0. The number of nitrogens with zero attached hydrogens (tertiary/aromatic N) is 2. The molecule has 0 radical (unpaired) electrons. The van der Waals surface area contributed by atoms with Crippen LogP contribution in [0.1, 0.15) is 39.0 Å². The second kappa shape index (κ2) is 8.50. The molecule has 1 amide bonds. The third-order valence-corrected chi connectivity index (χ3v) is 4.68. The zero-order chi connectivity index (χ0) is 15.4. The van der Waals surface area contributed by atoms with Crippen LogP contribution >= 0.6 is 12.4 Å². The maximum Gasteiger partial charge on any atom is 0.241 e. The van der Waals surface area contributed by atoms with E-state index >= 15 is 0 Å². The Labute approximate surface area is 144 Å². The van der Waals surface area contributed by atoms with Crippen LogP contribution in [0.2, 0.25) is 0 Å². The highest BCUT2D eigenvalue weighted by molar-refractivity contribution is 5.94. The van der Waals surface area contributed by atoms with E-state index in [2.05, 4.69) is 27.4 Å². The van der Waals surface area contributed by atoms with Gasteiger partial charge in [0, 0.05) is 13.1 Å². The summed E-state index contributed by atoms with van der Waals surface area (Å²) in [6, 6.07) is 3.89. The Balaban J connectivity index is 0.00000192. The van der Waals surface area contributed by atoms with Gasteiger partial charge in [-0.15, -0.1) is 12.4 Å². The van der Waals surface area contributed by atoms with Crippen LogP contribution in [-0.4, -0.2) is 36.6 Å². The van der Waals surface area contributed by atoms with Crippen LogP contribution in [-0.2, 0) is 4.79 Å². The molecule has 2 unspecified atom stereocenters. The van der Waals surface area contributed by atoms with E-state index in [9.17, 15) is 4.79 Å². The van der Waals surface area contributed by atoms with Crippen molar-refractivity contribution in [3.8, 4) is 0 Å². The third-order valence-electron chi connectivity index (χ3n) is 4.68. The highest BCUT2D eigenvalue weighted by atomic mass is 35.5. The van der Waals surface area contributed by atoms with E-state index in [0.717, 1.165) is 44.0 Å². The molecule has 0 spiro atoms. The van der Waals surface area contributed by atoms with E-state index in [1.54, 1.807) is 6.20 Å². The van der Waals surface area contributed by atoms with Crippen molar-refractivity contribution in [2.75, 3.05) is 29.9 Å². The maximum atomic E-state index is 12.3. The summed E-state index contributed by atoms with van der Waals surface area (Å²) in [5.41, 5.74) is 0.783. The lowest BCUT2D eigenvalue weighted by Crippen LogP contribution is -2.45. The Morgan fingerprint density at radius 1 is 1.30 bits per heavy atom. The molecule has 3 rings (SSSR count). The number of anilines is 2. The van der Waals surface area contributed by atoms with Crippen molar-refractivity contribution < 1.29 is 4.79 Å². The minimum Gasteiger partial charge on any atom is -0.357 e. The van der Waals surface area contributed by atoms with Gasteiger partial charge in [-0.25, -0.2) is 4.98 Å². The average molecular weight is 339 g/mol. The van der Waals surface area contributed by atoms with Gasteiger partial charge < -0.3 is 15.5 Å². The topological polar surface area (TPSA) is 57.3 Å². The molecule has 23 heavy (non-hydrogen) atoms. The van der Waals surface area contributed by atoms with E-state index in [1.165, 1.54) is 19.3 Å². The average Bonchev–Trinajstić information content (AvgIpc) is 2.56. The van der Waals surface area contributed by atoms with Crippen LogP contribution in [0.25, 0.3) is 0 Å². The summed E-state index contributed by atoms with van der Waals surface area (Å²) in [7, 11) is 0. The quantitative estimate of drug-likeness (QED) is 0.889. The molecular weight excluding hydrogens is 312 g/mol. The molecule has 0 bridgehead atoms. The molecule has 2 fully saturated rings. The van der Waals surface area contributed by atoms with Crippen molar-refractivity contribution >= 4 is 29.8 Å². The van der Waals surface area contributed by atoms with Crippen molar-refractivity contribution in [3.63, 3.8) is 0 Å². The highest BCUT2D eigenvalue weighted by Crippen LogP contribution is 2.20. The smallest absolute Gasteiger partial charge is 0.241 e. The third kappa shape index (κ3) is 4.82. The fraction of sp³-hybridized carbons (Fsp3) is 0.647. The van der Waals surface area contributed by atoms with Gasteiger partial charge >= 0.3 is 0 Å². The van der Waals surface area contributed by atoms with E-state index in [0.29, 0.717) is 5.92 Å². The largest absolute Gasteiger partial charge is 0.357 e. The molecule has 2 aliphatic heterocycles. The fourth-order valence-corrected chi connectivity index (χ4v) is 3.31. The zero-order valence-electron chi connectivity index (χ0n) is 13.8. The number of pyridine rings is 1. The first-order chi connectivity index (χ1) is 10.7. The molecule has 1 aromatic heterocycles. The molecule has 2 N–H and O–H groups in total. The van der Waals surface area contributed by atoms with Gasteiger partial charge in [-0.1, -0.05) is 6.92 Å². The van der Waals surface area contributed by atoms with Gasteiger partial charge in [0.1, 0.15) is 5.82 Å². The molecule has 1 aromatic rings. The number of hydrogen-bond donors (Lipinski definition) is 2. The molecular formula is C17H27ClN4O. The molecule has 5 nitrogen and oxygen atoms in total.